The van der Waals surface area contributed by atoms with Crippen LogP contribution < -0.4 is 0 Å². The van der Waals surface area contributed by atoms with E-state index in [0.29, 0.717) is 35.8 Å². The molecule has 3 heterocycles. The Hall–Kier alpha value is -2.36. The molecular weight excluding hydrogens is 398 g/mol. The van der Waals surface area contributed by atoms with Gasteiger partial charge in [-0.2, -0.15) is 4.98 Å². The Kier molecular flexibility index (Phi) is 6.06. The number of carbonyl (C=O) groups excluding carboxylic acids is 1. The van der Waals surface area contributed by atoms with Crippen LogP contribution in [-0.2, 0) is 16.2 Å². The second-order valence-electron chi connectivity index (χ2n) is 7.50. The number of methoxy groups -OCH3 is 1. The van der Waals surface area contributed by atoms with Crippen molar-refractivity contribution in [2.24, 2.45) is 0 Å². The van der Waals surface area contributed by atoms with Gasteiger partial charge in [0.15, 0.2) is 5.65 Å². The lowest BCUT2D eigenvalue weighted by atomic mass is 10.1. The zero-order chi connectivity index (χ0) is 20.3. The number of esters is 1. The lowest BCUT2D eigenvalue weighted by molar-refractivity contribution is 0.0594. The summed E-state index contributed by atoms with van der Waals surface area (Å²) in [6.07, 6.45) is 3.19. The molecule has 10 heteroatoms. The third-order valence-electron chi connectivity index (χ3n) is 4.09. The van der Waals surface area contributed by atoms with E-state index in [1.807, 2.05) is 0 Å². The number of imidazole rings is 1. The van der Waals surface area contributed by atoms with Gasteiger partial charge in [0.1, 0.15) is 23.6 Å². The average molecular weight is 420 g/mol. The molecule has 0 aliphatic heterocycles. The molecule has 28 heavy (non-hydrogen) atoms. The molecule has 3 rings (SSSR count). The highest BCUT2D eigenvalue weighted by Crippen LogP contribution is 2.26. The van der Waals surface area contributed by atoms with Gasteiger partial charge in [-0.25, -0.2) is 19.7 Å². The standard InChI is InChI=1S/C18H22ClN5O3Si/c1-26-17(25)13-6-5-12(9-20-13)14-15-16(23-18(19)22-14)24(10-21-15)11-27-7-8-28(2,3)4/h5-6,9-10H,7-8,11H2,1-4H3. The summed E-state index contributed by atoms with van der Waals surface area (Å²) in [7, 11) is 0.162. The molecule has 8 nitrogen and oxygen atoms in total. The summed E-state index contributed by atoms with van der Waals surface area (Å²) in [5.74, 6) is -0.503. The van der Waals surface area contributed by atoms with Gasteiger partial charge in [0.05, 0.1) is 13.4 Å². The molecule has 0 N–H and O–H groups in total. The van der Waals surface area contributed by atoms with Crippen LogP contribution in [0.2, 0.25) is 31.0 Å². The van der Waals surface area contributed by atoms with Crippen molar-refractivity contribution in [1.82, 2.24) is 24.5 Å². The number of pyridine rings is 1. The fraction of sp³-hybridized carbons (Fsp3) is 0.389. The van der Waals surface area contributed by atoms with E-state index in [4.69, 9.17) is 16.3 Å². The van der Waals surface area contributed by atoms with Crippen LogP contribution in [-0.4, -0.2) is 52.3 Å². The number of hydrogen-bond donors (Lipinski definition) is 0. The third-order valence-corrected chi connectivity index (χ3v) is 5.97. The largest absolute Gasteiger partial charge is 0.464 e. The van der Waals surface area contributed by atoms with Gasteiger partial charge >= 0.3 is 5.97 Å². The van der Waals surface area contributed by atoms with Crippen molar-refractivity contribution in [3.63, 3.8) is 0 Å². The van der Waals surface area contributed by atoms with Crippen molar-refractivity contribution in [2.75, 3.05) is 13.7 Å². The number of hydrogen-bond acceptors (Lipinski definition) is 7. The Balaban J connectivity index is 1.86. The number of aromatic nitrogens is 5. The van der Waals surface area contributed by atoms with E-state index in [9.17, 15) is 4.79 Å². The maximum Gasteiger partial charge on any atom is 0.356 e. The summed E-state index contributed by atoms with van der Waals surface area (Å²) in [5, 5.41) is 0.100. The maximum absolute atomic E-state index is 11.6. The van der Waals surface area contributed by atoms with Crippen LogP contribution in [0.5, 0.6) is 0 Å². The first kappa shape index (κ1) is 20.4. The molecule has 0 saturated heterocycles. The van der Waals surface area contributed by atoms with Gasteiger partial charge in [0, 0.05) is 26.4 Å². The van der Waals surface area contributed by atoms with Crippen molar-refractivity contribution in [3.05, 3.63) is 35.6 Å². The number of nitrogens with zero attached hydrogens (tertiary/aromatic N) is 5. The van der Waals surface area contributed by atoms with E-state index >= 15 is 0 Å². The summed E-state index contributed by atoms with van der Waals surface area (Å²) in [4.78, 5) is 28.7. The minimum absolute atomic E-state index is 0.100. The first-order valence-corrected chi connectivity index (χ1v) is 12.9. The number of ether oxygens (including phenoxy) is 2. The summed E-state index contributed by atoms with van der Waals surface area (Å²) in [6, 6.07) is 4.37. The van der Waals surface area contributed by atoms with Crippen molar-refractivity contribution < 1.29 is 14.3 Å². The normalized spacial score (nSPS) is 11.8. The zero-order valence-corrected chi connectivity index (χ0v) is 18.0. The second-order valence-corrected chi connectivity index (χ2v) is 13.5. The molecule has 0 atom stereocenters. The molecule has 0 saturated carbocycles. The number of carbonyl (C=O) groups is 1. The van der Waals surface area contributed by atoms with Crippen molar-refractivity contribution in [2.45, 2.75) is 32.4 Å². The summed E-state index contributed by atoms with van der Waals surface area (Å²) < 4.78 is 12.3. The Morgan fingerprint density at radius 1 is 1.21 bits per heavy atom. The van der Waals surface area contributed by atoms with E-state index in [-0.39, 0.29) is 11.0 Å². The number of halogens is 1. The van der Waals surface area contributed by atoms with Gasteiger partial charge in [-0.15, -0.1) is 0 Å². The van der Waals surface area contributed by atoms with Crippen LogP contribution in [0.25, 0.3) is 22.4 Å². The molecular formula is C18H22ClN5O3Si. The van der Waals surface area contributed by atoms with E-state index in [1.165, 1.54) is 13.3 Å². The Labute approximate surface area is 168 Å². The van der Waals surface area contributed by atoms with Gasteiger partial charge in [0.25, 0.3) is 0 Å². The smallest absolute Gasteiger partial charge is 0.356 e. The Morgan fingerprint density at radius 3 is 2.64 bits per heavy atom. The molecule has 0 amide bonds. The van der Waals surface area contributed by atoms with Crippen molar-refractivity contribution in [3.8, 4) is 11.3 Å². The topological polar surface area (TPSA) is 92.0 Å². The zero-order valence-electron chi connectivity index (χ0n) is 16.3. The fourth-order valence-electron chi connectivity index (χ4n) is 2.51. The van der Waals surface area contributed by atoms with Gasteiger partial charge in [0.2, 0.25) is 5.28 Å². The highest BCUT2D eigenvalue weighted by molar-refractivity contribution is 6.76. The molecule has 0 aliphatic rings. The van der Waals surface area contributed by atoms with Gasteiger partial charge in [-0.3, -0.25) is 4.57 Å². The molecule has 3 aromatic rings. The molecule has 0 bridgehead atoms. The Bertz CT molecular complexity index is 985. The van der Waals surface area contributed by atoms with Crippen LogP contribution in [0.4, 0.5) is 0 Å². The summed E-state index contributed by atoms with van der Waals surface area (Å²) >= 11 is 6.13. The van der Waals surface area contributed by atoms with Gasteiger partial charge in [-0.1, -0.05) is 19.6 Å². The van der Waals surface area contributed by atoms with E-state index in [2.05, 4.69) is 44.3 Å². The summed E-state index contributed by atoms with van der Waals surface area (Å²) in [6.45, 7) is 7.96. The predicted molar refractivity (Wildman–Crippen MR) is 109 cm³/mol. The van der Waals surface area contributed by atoms with E-state index < -0.39 is 14.0 Å². The minimum atomic E-state index is -1.15. The predicted octanol–water partition coefficient (Wildman–Crippen LogP) is 3.64. The quantitative estimate of drug-likeness (QED) is 0.250. The highest BCUT2D eigenvalue weighted by atomic mass is 35.5. The lowest BCUT2D eigenvalue weighted by Gasteiger charge is -2.15. The van der Waals surface area contributed by atoms with E-state index in [1.54, 1.807) is 23.0 Å². The van der Waals surface area contributed by atoms with Crippen LogP contribution in [0.15, 0.2) is 24.7 Å². The molecule has 0 unspecified atom stereocenters. The average Bonchev–Trinajstić information content (AvgIpc) is 3.06. The highest BCUT2D eigenvalue weighted by Gasteiger charge is 2.16. The summed E-state index contributed by atoms with van der Waals surface area (Å²) in [5.41, 5.74) is 2.60. The minimum Gasteiger partial charge on any atom is -0.464 e. The first-order valence-electron chi connectivity index (χ1n) is 8.79. The van der Waals surface area contributed by atoms with Crippen molar-refractivity contribution in [1.29, 1.82) is 0 Å². The number of fused-ring (bicyclic) bond motifs is 1. The van der Waals surface area contributed by atoms with E-state index in [0.717, 1.165) is 6.04 Å². The van der Waals surface area contributed by atoms with Crippen LogP contribution >= 0.6 is 11.6 Å². The SMILES string of the molecule is COC(=O)c1ccc(-c2nc(Cl)nc3c2ncn3COCC[Si](C)(C)C)cn1. The van der Waals surface area contributed by atoms with Crippen molar-refractivity contribution >= 4 is 36.8 Å². The third kappa shape index (κ3) is 4.72. The molecule has 0 spiro atoms. The lowest BCUT2D eigenvalue weighted by Crippen LogP contribution is -2.22. The van der Waals surface area contributed by atoms with Gasteiger partial charge < -0.3 is 9.47 Å². The molecule has 148 valence electrons. The number of rotatable bonds is 7. The van der Waals surface area contributed by atoms with Crippen LogP contribution in [0, 0.1) is 0 Å². The first-order chi connectivity index (χ1) is 13.3. The van der Waals surface area contributed by atoms with Crippen LogP contribution in [0.3, 0.4) is 0 Å². The molecule has 0 aromatic carbocycles. The Morgan fingerprint density at radius 2 is 2.00 bits per heavy atom. The maximum atomic E-state index is 11.6. The molecule has 0 radical (unpaired) electrons. The van der Waals surface area contributed by atoms with Crippen LogP contribution in [0.1, 0.15) is 10.5 Å². The molecule has 0 aliphatic carbocycles. The monoisotopic (exact) mass is 419 g/mol. The molecule has 3 aromatic heterocycles. The molecule has 0 fully saturated rings. The van der Waals surface area contributed by atoms with Gasteiger partial charge in [-0.05, 0) is 29.8 Å². The second kappa shape index (κ2) is 8.34. The fourth-order valence-corrected chi connectivity index (χ4v) is 3.44.